The fraction of sp³-hybridized carbons (Fsp3) is 0.481. The zero-order valence-corrected chi connectivity index (χ0v) is 19.8. The molecular formula is C27H37NO2. The first kappa shape index (κ1) is 22.6. The zero-order chi connectivity index (χ0) is 22.3. The lowest BCUT2D eigenvalue weighted by Crippen LogP contribution is -2.42. The van der Waals surface area contributed by atoms with E-state index in [1.54, 1.807) is 0 Å². The highest BCUT2D eigenvalue weighted by molar-refractivity contribution is 6.04. The lowest BCUT2D eigenvalue weighted by molar-refractivity contribution is -0.0608. The second-order valence-electron chi connectivity index (χ2n) is 10.8. The summed E-state index contributed by atoms with van der Waals surface area (Å²) in [5.41, 5.74) is 7.26. The maximum Gasteiger partial charge on any atom is 0.130 e. The minimum Gasteiger partial charge on any atom is -0.489 e. The molecule has 2 N–H and O–H groups in total. The first-order chi connectivity index (χ1) is 13.9. The van der Waals surface area contributed by atoms with Gasteiger partial charge in [0.1, 0.15) is 11.9 Å². The molecule has 30 heavy (non-hydrogen) atoms. The van der Waals surface area contributed by atoms with Gasteiger partial charge in [-0.1, -0.05) is 71.9 Å². The molecule has 2 unspecified atom stereocenters. The van der Waals surface area contributed by atoms with E-state index in [1.807, 2.05) is 0 Å². The largest absolute Gasteiger partial charge is 0.489 e. The van der Waals surface area contributed by atoms with Crippen molar-refractivity contribution < 1.29 is 9.57 Å². The van der Waals surface area contributed by atoms with E-state index >= 15 is 0 Å². The average molecular weight is 408 g/mol. The van der Waals surface area contributed by atoms with E-state index in [0.717, 1.165) is 17.7 Å². The topological polar surface area (TPSA) is 44.5 Å². The van der Waals surface area contributed by atoms with Crippen molar-refractivity contribution in [1.82, 2.24) is 0 Å². The predicted molar refractivity (Wildman–Crippen MR) is 126 cm³/mol. The monoisotopic (exact) mass is 407 g/mol. The first-order valence-electron chi connectivity index (χ1n) is 10.9. The molecule has 1 aliphatic rings. The molecule has 0 saturated carbocycles. The van der Waals surface area contributed by atoms with Crippen molar-refractivity contribution in [3.05, 3.63) is 64.2 Å². The quantitative estimate of drug-likeness (QED) is 0.463. The average Bonchev–Trinajstić information content (AvgIpc) is 2.59. The molecule has 2 atom stereocenters. The van der Waals surface area contributed by atoms with Crippen LogP contribution in [0.3, 0.4) is 0 Å². The molecule has 3 rings (SSSR count). The van der Waals surface area contributed by atoms with E-state index in [4.69, 9.17) is 15.5 Å². The van der Waals surface area contributed by atoms with Crippen LogP contribution in [0, 0.1) is 24.7 Å². The maximum atomic E-state index is 6.82. The maximum absolute atomic E-state index is 6.82. The fourth-order valence-electron chi connectivity index (χ4n) is 4.09. The normalized spacial score (nSPS) is 15.7. The molecule has 0 amide bonds. The third-order valence-corrected chi connectivity index (χ3v) is 6.04. The van der Waals surface area contributed by atoms with Crippen molar-refractivity contribution in [3.63, 3.8) is 0 Å². The Labute approximate surface area is 182 Å². The summed E-state index contributed by atoms with van der Waals surface area (Å²) in [6.07, 6.45) is 2.84. The molecule has 0 heterocycles. The lowest BCUT2D eigenvalue weighted by atomic mass is 9.79. The fourth-order valence-corrected chi connectivity index (χ4v) is 4.09. The number of hydrogen-bond acceptors (Lipinski definition) is 3. The number of ether oxygens (including phenoxy) is 1. The lowest BCUT2D eigenvalue weighted by Gasteiger charge is -2.38. The van der Waals surface area contributed by atoms with Gasteiger partial charge >= 0.3 is 0 Å². The summed E-state index contributed by atoms with van der Waals surface area (Å²) in [6, 6.07) is 13.0. The van der Waals surface area contributed by atoms with E-state index in [2.05, 4.69) is 97.9 Å². The number of fused-ring (bicyclic) bond motifs is 1. The molecule has 2 aromatic carbocycles. The molecular weight excluding hydrogens is 370 g/mol. The van der Waals surface area contributed by atoms with Gasteiger partial charge in [-0.15, -0.1) is 0 Å². The van der Waals surface area contributed by atoms with Gasteiger partial charge in [-0.25, -0.2) is 5.90 Å². The Hall–Kier alpha value is -2.10. The van der Waals surface area contributed by atoms with E-state index in [-0.39, 0.29) is 23.0 Å². The van der Waals surface area contributed by atoms with Crippen molar-refractivity contribution in [1.29, 1.82) is 0 Å². The summed E-state index contributed by atoms with van der Waals surface area (Å²) in [5.74, 6) is 6.65. The molecule has 0 radical (unpaired) electrons. The van der Waals surface area contributed by atoms with Crippen LogP contribution in [-0.2, 0) is 4.84 Å². The smallest absolute Gasteiger partial charge is 0.130 e. The molecule has 0 aliphatic heterocycles. The number of rotatable bonds is 6. The molecule has 0 saturated heterocycles. The van der Waals surface area contributed by atoms with Gasteiger partial charge in [0.25, 0.3) is 0 Å². The minimum atomic E-state index is -0.0976. The Morgan fingerprint density at radius 3 is 2.07 bits per heavy atom. The van der Waals surface area contributed by atoms with Crippen LogP contribution in [0.5, 0.6) is 5.75 Å². The van der Waals surface area contributed by atoms with Gasteiger partial charge < -0.3 is 9.57 Å². The Balaban J connectivity index is 2.00. The standard InChI is InChI=1S/C27H37NO2/c1-17-13-18(2)25(22(14-17)21-15-19-11-9-10-12-20(19)21)29-23(26(3,4)5)16-24(30-28)27(6,7)8/h9-15,23-24H,16,28H2,1-8H3. The second-order valence-corrected chi connectivity index (χ2v) is 10.8. The minimum absolute atomic E-state index is 0.0404. The van der Waals surface area contributed by atoms with Crippen LogP contribution in [0.1, 0.15) is 75.8 Å². The summed E-state index contributed by atoms with van der Waals surface area (Å²) in [6.45, 7) is 17.4. The molecule has 162 valence electrons. The Morgan fingerprint density at radius 1 is 0.867 bits per heavy atom. The summed E-state index contributed by atoms with van der Waals surface area (Å²) in [4.78, 5) is 5.39. The highest BCUT2D eigenvalue weighted by atomic mass is 16.6. The van der Waals surface area contributed by atoms with Gasteiger partial charge in [0, 0.05) is 12.0 Å². The van der Waals surface area contributed by atoms with Gasteiger partial charge in [-0.3, -0.25) is 0 Å². The summed E-state index contributed by atoms with van der Waals surface area (Å²) in [5, 5.41) is 0. The van der Waals surface area contributed by atoms with Crippen LogP contribution >= 0.6 is 0 Å². The zero-order valence-electron chi connectivity index (χ0n) is 19.8. The van der Waals surface area contributed by atoms with Gasteiger partial charge in [0.05, 0.1) is 6.10 Å². The van der Waals surface area contributed by atoms with Crippen molar-refractivity contribution in [2.45, 2.75) is 74.0 Å². The second kappa shape index (κ2) is 8.20. The van der Waals surface area contributed by atoms with Gasteiger partial charge in [-0.2, -0.15) is 0 Å². The molecule has 3 nitrogen and oxygen atoms in total. The third kappa shape index (κ3) is 4.63. The van der Waals surface area contributed by atoms with Crippen molar-refractivity contribution in [2.24, 2.45) is 16.7 Å². The Morgan fingerprint density at radius 2 is 1.50 bits per heavy atom. The number of benzene rings is 2. The SMILES string of the molecule is Cc1cc(C)c(OC(CC(ON)C(C)(C)C)C(C)(C)C)c(C2=Cc3ccccc32)c1. The molecule has 0 bridgehead atoms. The number of nitrogens with two attached hydrogens (primary N) is 1. The Kier molecular flexibility index (Phi) is 6.18. The van der Waals surface area contributed by atoms with Gasteiger partial charge in [0.2, 0.25) is 0 Å². The molecule has 0 aromatic heterocycles. The molecule has 0 fully saturated rings. The van der Waals surface area contributed by atoms with E-state index in [0.29, 0.717) is 0 Å². The van der Waals surface area contributed by atoms with Crippen molar-refractivity contribution in [2.75, 3.05) is 0 Å². The highest BCUT2D eigenvalue weighted by Crippen LogP contribution is 2.44. The molecule has 3 heteroatoms. The summed E-state index contributed by atoms with van der Waals surface area (Å²) < 4.78 is 6.82. The van der Waals surface area contributed by atoms with Crippen LogP contribution in [-0.4, -0.2) is 12.2 Å². The first-order valence-corrected chi connectivity index (χ1v) is 10.9. The molecule has 2 aromatic rings. The number of aryl methyl sites for hydroxylation is 2. The van der Waals surface area contributed by atoms with Crippen LogP contribution in [0.15, 0.2) is 36.4 Å². The predicted octanol–water partition coefficient (Wildman–Crippen LogP) is 6.69. The van der Waals surface area contributed by atoms with E-state index in [1.165, 1.54) is 27.8 Å². The van der Waals surface area contributed by atoms with Crippen LogP contribution in [0.25, 0.3) is 11.6 Å². The summed E-state index contributed by atoms with van der Waals surface area (Å²) >= 11 is 0. The third-order valence-electron chi connectivity index (χ3n) is 6.04. The van der Waals surface area contributed by atoms with Crippen LogP contribution < -0.4 is 10.6 Å². The van der Waals surface area contributed by atoms with Crippen LogP contribution in [0.4, 0.5) is 0 Å². The summed E-state index contributed by atoms with van der Waals surface area (Å²) in [7, 11) is 0. The molecule has 0 spiro atoms. The number of hydrogen-bond donors (Lipinski definition) is 1. The Bertz CT molecular complexity index is 944. The highest BCUT2D eigenvalue weighted by Gasteiger charge is 2.36. The van der Waals surface area contributed by atoms with Crippen LogP contribution in [0.2, 0.25) is 0 Å². The van der Waals surface area contributed by atoms with Gasteiger partial charge in [0.15, 0.2) is 0 Å². The van der Waals surface area contributed by atoms with Gasteiger partial charge in [-0.05, 0) is 64.6 Å². The van der Waals surface area contributed by atoms with E-state index in [9.17, 15) is 0 Å². The molecule has 1 aliphatic carbocycles. The van der Waals surface area contributed by atoms with E-state index < -0.39 is 0 Å². The van der Waals surface area contributed by atoms with Crippen molar-refractivity contribution >= 4 is 11.6 Å². The van der Waals surface area contributed by atoms with Crippen molar-refractivity contribution in [3.8, 4) is 5.75 Å².